The van der Waals surface area contributed by atoms with Gasteiger partial charge in [-0.2, -0.15) is 18.2 Å². The third-order valence-electron chi connectivity index (χ3n) is 5.59. The van der Waals surface area contributed by atoms with Crippen molar-refractivity contribution in [1.29, 1.82) is 0 Å². The number of benzene rings is 3. The monoisotopic (exact) mass is 466 g/mol. The van der Waals surface area contributed by atoms with Gasteiger partial charge in [0.25, 0.3) is 5.78 Å². The van der Waals surface area contributed by atoms with E-state index in [1.165, 1.54) is 30.6 Å². The SMILES string of the molecule is CN(c1cccc(-c2ccc(CC(F)(F)F)cc2)c1)c1nc2nncn2c2cc(N)c(F)cc12. The Kier molecular flexibility index (Phi) is 5.07. The molecule has 2 heterocycles. The van der Waals surface area contributed by atoms with Crippen LogP contribution in [0.15, 0.2) is 67.0 Å². The number of halogens is 4. The lowest BCUT2D eigenvalue weighted by atomic mass is 10.0. The van der Waals surface area contributed by atoms with Crippen LogP contribution in [-0.4, -0.2) is 32.8 Å². The molecule has 34 heavy (non-hydrogen) atoms. The smallest absolute Gasteiger partial charge is 0.393 e. The highest BCUT2D eigenvalue weighted by atomic mass is 19.4. The molecule has 0 saturated carbocycles. The molecule has 5 rings (SSSR count). The molecule has 2 aromatic heterocycles. The van der Waals surface area contributed by atoms with Crippen LogP contribution < -0.4 is 10.6 Å². The number of hydrogen-bond donors (Lipinski definition) is 1. The first-order valence-corrected chi connectivity index (χ1v) is 10.3. The lowest BCUT2D eigenvalue weighted by molar-refractivity contribution is -0.127. The van der Waals surface area contributed by atoms with Crippen LogP contribution in [0.1, 0.15) is 5.56 Å². The summed E-state index contributed by atoms with van der Waals surface area (Å²) < 4.78 is 53.9. The van der Waals surface area contributed by atoms with Crippen LogP contribution in [0.4, 0.5) is 34.8 Å². The third-order valence-corrected chi connectivity index (χ3v) is 5.59. The summed E-state index contributed by atoms with van der Waals surface area (Å²) in [5.41, 5.74) is 8.91. The van der Waals surface area contributed by atoms with Gasteiger partial charge in [-0.15, -0.1) is 10.2 Å². The molecular weight excluding hydrogens is 448 g/mol. The standard InChI is InChI=1S/C24H18F4N6/c1-33(22-18-10-19(25)20(29)11-21(18)34-13-30-32-23(34)31-22)17-4-2-3-16(9-17)15-7-5-14(6-8-15)12-24(26,27)28/h2-11,13H,12,29H2,1H3. The number of nitrogens with two attached hydrogens (primary N) is 1. The highest BCUT2D eigenvalue weighted by Crippen LogP contribution is 2.34. The summed E-state index contributed by atoms with van der Waals surface area (Å²) in [6, 6.07) is 16.5. The van der Waals surface area contributed by atoms with Crippen molar-refractivity contribution in [2.24, 2.45) is 0 Å². The van der Waals surface area contributed by atoms with Gasteiger partial charge in [0.2, 0.25) is 0 Å². The Bertz CT molecular complexity index is 1510. The molecule has 0 fully saturated rings. The molecule has 0 aliphatic heterocycles. The molecule has 0 aliphatic rings. The molecule has 0 aliphatic carbocycles. The first-order valence-electron chi connectivity index (χ1n) is 10.3. The lowest BCUT2D eigenvalue weighted by Crippen LogP contribution is -2.13. The van der Waals surface area contributed by atoms with Gasteiger partial charge < -0.3 is 10.6 Å². The Hall–Kier alpha value is -4.21. The number of alkyl halides is 3. The molecule has 5 aromatic rings. The molecule has 6 nitrogen and oxygen atoms in total. The fraction of sp³-hybridized carbons (Fsp3) is 0.125. The van der Waals surface area contributed by atoms with Gasteiger partial charge in [-0.3, -0.25) is 4.40 Å². The van der Waals surface area contributed by atoms with E-state index in [0.717, 1.165) is 16.8 Å². The summed E-state index contributed by atoms with van der Waals surface area (Å²) >= 11 is 0. The van der Waals surface area contributed by atoms with Gasteiger partial charge in [-0.05, 0) is 41.0 Å². The summed E-state index contributed by atoms with van der Waals surface area (Å²) in [6.45, 7) is 0. The minimum Gasteiger partial charge on any atom is -0.396 e. The van der Waals surface area contributed by atoms with E-state index in [1.54, 1.807) is 28.5 Å². The van der Waals surface area contributed by atoms with Gasteiger partial charge in [0.1, 0.15) is 18.0 Å². The summed E-state index contributed by atoms with van der Waals surface area (Å²) in [5, 5.41) is 8.42. The first-order chi connectivity index (χ1) is 16.2. The fourth-order valence-corrected chi connectivity index (χ4v) is 3.90. The van der Waals surface area contributed by atoms with Crippen LogP contribution in [0.5, 0.6) is 0 Å². The maximum atomic E-state index is 14.4. The number of rotatable bonds is 4. The number of aromatic nitrogens is 4. The van der Waals surface area contributed by atoms with Gasteiger partial charge in [-0.1, -0.05) is 36.4 Å². The Balaban J connectivity index is 1.55. The van der Waals surface area contributed by atoms with E-state index in [0.29, 0.717) is 22.5 Å². The maximum Gasteiger partial charge on any atom is 0.393 e. The quantitative estimate of drug-likeness (QED) is 0.278. The average molecular weight is 466 g/mol. The van der Waals surface area contributed by atoms with Gasteiger partial charge in [0.05, 0.1) is 17.6 Å². The van der Waals surface area contributed by atoms with Gasteiger partial charge in [0, 0.05) is 18.1 Å². The van der Waals surface area contributed by atoms with E-state index in [2.05, 4.69) is 15.2 Å². The van der Waals surface area contributed by atoms with E-state index >= 15 is 0 Å². The second-order valence-electron chi connectivity index (χ2n) is 7.93. The molecule has 0 atom stereocenters. The van der Waals surface area contributed by atoms with Crippen molar-refractivity contribution in [3.8, 4) is 11.1 Å². The number of hydrogen-bond acceptors (Lipinski definition) is 5. The molecule has 0 amide bonds. The highest BCUT2D eigenvalue weighted by Gasteiger charge is 2.27. The molecule has 2 N–H and O–H groups in total. The molecule has 0 unspecified atom stereocenters. The van der Waals surface area contributed by atoms with Gasteiger partial charge >= 0.3 is 6.18 Å². The van der Waals surface area contributed by atoms with E-state index in [1.807, 2.05) is 24.3 Å². The zero-order chi connectivity index (χ0) is 24.0. The van der Waals surface area contributed by atoms with E-state index in [-0.39, 0.29) is 11.3 Å². The van der Waals surface area contributed by atoms with Crippen molar-refractivity contribution in [2.75, 3.05) is 17.7 Å². The van der Waals surface area contributed by atoms with Crippen LogP contribution in [0.3, 0.4) is 0 Å². The van der Waals surface area contributed by atoms with Crippen LogP contribution in [0, 0.1) is 5.82 Å². The van der Waals surface area contributed by atoms with E-state index in [9.17, 15) is 17.6 Å². The van der Waals surface area contributed by atoms with Crippen LogP contribution >= 0.6 is 0 Å². The topological polar surface area (TPSA) is 72.3 Å². The summed E-state index contributed by atoms with van der Waals surface area (Å²) in [5.74, 6) is 0.216. The normalized spacial score (nSPS) is 11.9. The second kappa shape index (κ2) is 7.98. The first kappa shape index (κ1) is 21.6. The summed E-state index contributed by atoms with van der Waals surface area (Å²) in [4.78, 5) is 6.35. The molecule has 172 valence electrons. The molecule has 10 heteroatoms. The molecule has 3 aromatic carbocycles. The Labute approximate surface area is 191 Å². The second-order valence-corrected chi connectivity index (χ2v) is 7.93. The van der Waals surface area contributed by atoms with Crippen LogP contribution in [0.25, 0.3) is 27.8 Å². The Morgan fingerprint density at radius 3 is 2.50 bits per heavy atom. The third kappa shape index (κ3) is 3.98. The lowest BCUT2D eigenvalue weighted by Gasteiger charge is -2.21. The largest absolute Gasteiger partial charge is 0.396 e. The maximum absolute atomic E-state index is 14.4. The minimum absolute atomic E-state index is 0.00160. The van der Waals surface area contributed by atoms with Crippen molar-refractivity contribution in [1.82, 2.24) is 19.6 Å². The number of nitrogen functional groups attached to an aromatic ring is 1. The van der Waals surface area contributed by atoms with Gasteiger partial charge in [-0.25, -0.2) is 4.39 Å². The van der Waals surface area contributed by atoms with Crippen LogP contribution in [-0.2, 0) is 6.42 Å². The van der Waals surface area contributed by atoms with Crippen molar-refractivity contribution in [2.45, 2.75) is 12.6 Å². The Morgan fingerprint density at radius 2 is 1.76 bits per heavy atom. The van der Waals surface area contributed by atoms with Crippen molar-refractivity contribution in [3.05, 3.63) is 78.4 Å². The molecular formula is C24H18F4N6. The molecule has 0 saturated heterocycles. The fourth-order valence-electron chi connectivity index (χ4n) is 3.90. The number of anilines is 3. The average Bonchev–Trinajstić information content (AvgIpc) is 3.27. The highest BCUT2D eigenvalue weighted by molar-refractivity contribution is 5.95. The zero-order valence-corrected chi connectivity index (χ0v) is 17.9. The predicted molar refractivity (Wildman–Crippen MR) is 122 cm³/mol. The predicted octanol–water partition coefficient (Wildman–Crippen LogP) is 5.54. The zero-order valence-electron chi connectivity index (χ0n) is 17.9. The van der Waals surface area contributed by atoms with E-state index < -0.39 is 18.4 Å². The molecule has 0 radical (unpaired) electrons. The number of fused-ring (bicyclic) bond motifs is 3. The van der Waals surface area contributed by atoms with Crippen molar-refractivity contribution >= 4 is 33.9 Å². The van der Waals surface area contributed by atoms with Gasteiger partial charge in [0.15, 0.2) is 0 Å². The molecule has 0 spiro atoms. The Morgan fingerprint density at radius 1 is 1.00 bits per heavy atom. The molecule has 0 bridgehead atoms. The van der Waals surface area contributed by atoms with E-state index in [4.69, 9.17) is 5.73 Å². The summed E-state index contributed by atoms with van der Waals surface area (Å²) in [6.07, 6.45) is -3.74. The van der Waals surface area contributed by atoms with Crippen LogP contribution in [0.2, 0.25) is 0 Å². The summed E-state index contributed by atoms with van der Waals surface area (Å²) in [7, 11) is 1.79. The number of nitrogens with zero attached hydrogens (tertiary/aromatic N) is 5. The van der Waals surface area contributed by atoms with Crippen molar-refractivity contribution in [3.63, 3.8) is 0 Å². The minimum atomic E-state index is -4.25. The van der Waals surface area contributed by atoms with Crippen molar-refractivity contribution < 1.29 is 17.6 Å².